The van der Waals surface area contributed by atoms with Crippen LogP contribution in [-0.2, 0) is 11.8 Å². The molecule has 3 heterocycles. The second kappa shape index (κ2) is 8.85. The van der Waals surface area contributed by atoms with Gasteiger partial charge in [-0.05, 0) is 42.1 Å². The van der Waals surface area contributed by atoms with Crippen molar-refractivity contribution in [3.05, 3.63) is 76.1 Å². The van der Waals surface area contributed by atoms with Crippen molar-refractivity contribution < 1.29 is 13.6 Å². The molecule has 9 heteroatoms. The van der Waals surface area contributed by atoms with Gasteiger partial charge in [-0.25, -0.2) is 4.39 Å². The number of hydrogen-bond acceptors (Lipinski definition) is 6. The molecule has 0 fully saturated rings. The van der Waals surface area contributed by atoms with Crippen LogP contribution in [-0.4, -0.2) is 26.4 Å². The van der Waals surface area contributed by atoms with E-state index in [9.17, 15) is 9.18 Å². The van der Waals surface area contributed by atoms with Crippen molar-refractivity contribution in [1.29, 1.82) is 0 Å². The summed E-state index contributed by atoms with van der Waals surface area (Å²) in [5.74, 6) is 1.17. The van der Waals surface area contributed by atoms with Gasteiger partial charge < -0.3 is 14.3 Å². The largest absolute Gasteiger partial charge is 0.469 e. The van der Waals surface area contributed by atoms with E-state index in [1.54, 1.807) is 29.7 Å². The summed E-state index contributed by atoms with van der Waals surface area (Å²) in [7, 11) is 1.86. The standard InChI is InChI=1S/C21H19FN4O2S2/c1-13-16(9-10-28-13)20-24-25-21(26(20)2)30-12-18(27)23-19(17-4-3-11-29-17)14-5-7-15(22)8-6-14/h3-11,19H,12H2,1-2H3,(H,23,27). The molecule has 1 unspecified atom stereocenters. The molecule has 0 spiro atoms. The lowest BCUT2D eigenvalue weighted by atomic mass is 10.1. The summed E-state index contributed by atoms with van der Waals surface area (Å²) >= 11 is 2.85. The number of hydrogen-bond donors (Lipinski definition) is 1. The fourth-order valence-corrected chi connectivity index (χ4v) is 4.58. The van der Waals surface area contributed by atoms with Crippen LogP contribution in [0.3, 0.4) is 0 Å². The maximum absolute atomic E-state index is 13.3. The van der Waals surface area contributed by atoms with Crippen LogP contribution in [0.25, 0.3) is 11.4 Å². The third-order valence-electron chi connectivity index (χ3n) is 4.60. The van der Waals surface area contributed by atoms with E-state index in [1.807, 2.05) is 42.1 Å². The summed E-state index contributed by atoms with van der Waals surface area (Å²) in [6.07, 6.45) is 1.61. The topological polar surface area (TPSA) is 72.9 Å². The lowest BCUT2D eigenvalue weighted by molar-refractivity contribution is -0.119. The van der Waals surface area contributed by atoms with E-state index < -0.39 is 0 Å². The number of thiophene rings is 1. The molecule has 1 aromatic carbocycles. The van der Waals surface area contributed by atoms with Gasteiger partial charge in [0.1, 0.15) is 11.6 Å². The van der Waals surface area contributed by atoms with E-state index in [-0.39, 0.29) is 23.5 Å². The van der Waals surface area contributed by atoms with E-state index in [0.29, 0.717) is 11.0 Å². The summed E-state index contributed by atoms with van der Waals surface area (Å²) in [6, 6.07) is 11.6. The predicted molar refractivity (Wildman–Crippen MR) is 115 cm³/mol. The highest BCUT2D eigenvalue weighted by molar-refractivity contribution is 7.99. The van der Waals surface area contributed by atoms with Gasteiger partial charge in [0.2, 0.25) is 5.91 Å². The minimum Gasteiger partial charge on any atom is -0.469 e. The number of furan rings is 1. The van der Waals surface area contributed by atoms with Crippen LogP contribution in [0.1, 0.15) is 22.2 Å². The Kier molecular flexibility index (Phi) is 6.01. The zero-order valence-electron chi connectivity index (χ0n) is 16.3. The molecule has 0 radical (unpaired) electrons. The van der Waals surface area contributed by atoms with Gasteiger partial charge in [-0.15, -0.1) is 21.5 Å². The number of aromatic nitrogens is 3. The smallest absolute Gasteiger partial charge is 0.231 e. The van der Waals surface area contributed by atoms with Crippen molar-refractivity contribution in [3.63, 3.8) is 0 Å². The van der Waals surface area contributed by atoms with E-state index in [1.165, 1.54) is 23.9 Å². The number of rotatable bonds is 7. The molecule has 0 bridgehead atoms. The number of carbonyl (C=O) groups excluding carboxylic acids is 1. The molecule has 0 saturated heterocycles. The molecular formula is C21H19FN4O2S2. The van der Waals surface area contributed by atoms with Crippen LogP contribution in [0.4, 0.5) is 4.39 Å². The molecule has 1 N–H and O–H groups in total. The Balaban J connectivity index is 1.45. The van der Waals surface area contributed by atoms with Crippen LogP contribution in [0, 0.1) is 12.7 Å². The number of aryl methyl sites for hydroxylation is 1. The average molecular weight is 443 g/mol. The number of nitrogens with one attached hydrogen (secondary N) is 1. The fraction of sp³-hybridized carbons (Fsp3) is 0.190. The van der Waals surface area contributed by atoms with Crippen molar-refractivity contribution in [2.45, 2.75) is 18.1 Å². The first-order valence-electron chi connectivity index (χ1n) is 9.18. The minimum absolute atomic E-state index is 0.147. The summed E-state index contributed by atoms with van der Waals surface area (Å²) in [5.41, 5.74) is 1.70. The van der Waals surface area contributed by atoms with Gasteiger partial charge in [-0.2, -0.15) is 0 Å². The number of carbonyl (C=O) groups is 1. The molecule has 30 heavy (non-hydrogen) atoms. The van der Waals surface area contributed by atoms with Crippen molar-refractivity contribution in [1.82, 2.24) is 20.1 Å². The van der Waals surface area contributed by atoms with Crippen LogP contribution in [0.2, 0.25) is 0 Å². The molecule has 1 amide bonds. The Bertz CT molecular complexity index is 1140. The molecule has 1 atom stereocenters. The van der Waals surface area contributed by atoms with Crippen LogP contribution < -0.4 is 5.32 Å². The van der Waals surface area contributed by atoms with Crippen molar-refractivity contribution >= 4 is 29.0 Å². The average Bonchev–Trinajstić information content (AvgIpc) is 3.47. The van der Waals surface area contributed by atoms with E-state index >= 15 is 0 Å². The first-order chi connectivity index (χ1) is 14.5. The van der Waals surface area contributed by atoms with Gasteiger partial charge in [0.05, 0.1) is 23.6 Å². The molecule has 6 nitrogen and oxygen atoms in total. The summed E-state index contributed by atoms with van der Waals surface area (Å²) < 4.78 is 20.5. The molecule has 3 aromatic heterocycles. The Hall–Kier alpha value is -2.91. The lowest BCUT2D eigenvalue weighted by Gasteiger charge is -2.18. The molecule has 4 aromatic rings. The highest BCUT2D eigenvalue weighted by Crippen LogP contribution is 2.28. The Morgan fingerprint density at radius 1 is 1.27 bits per heavy atom. The summed E-state index contributed by atoms with van der Waals surface area (Å²) in [4.78, 5) is 13.7. The first kappa shape index (κ1) is 20.4. The summed E-state index contributed by atoms with van der Waals surface area (Å²) in [6.45, 7) is 1.87. The quantitative estimate of drug-likeness (QED) is 0.424. The van der Waals surface area contributed by atoms with Gasteiger partial charge in [-0.3, -0.25) is 4.79 Å². The molecule has 154 valence electrons. The molecular weight excluding hydrogens is 423 g/mol. The molecule has 0 aliphatic carbocycles. The molecule has 4 rings (SSSR count). The van der Waals surface area contributed by atoms with Gasteiger partial charge in [0.25, 0.3) is 0 Å². The molecule has 0 saturated carbocycles. The molecule has 0 aliphatic heterocycles. The number of amides is 1. The number of thioether (sulfide) groups is 1. The number of halogens is 1. The third kappa shape index (κ3) is 4.31. The fourth-order valence-electron chi connectivity index (χ4n) is 3.05. The first-order valence-corrected chi connectivity index (χ1v) is 11.0. The van der Waals surface area contributed by atoms with Crippen molar-refractivity contribution in [3.8, 4) is 11.4 Å². The van der Waals surface area contributed by atoms with Gasteiger partial charge in [0.15, 0.2) is 11.0 Å². The van der Waals surface area contributed by atoms with Gasteiger partial charge >= 0.3 is 0 Å². The third-order valence-corrected chi connectivity index (χ3v) is 6.56. The van der Waals surface area contributed by atoms with Gasteiger partial charge in [0, 0.05) is 11.9 Å². The van der Waals surface area contributed by atoms with Crippen molar-refractivity contribution in [2.24, 2.45) is 7.05 Å². The Morgan fingerprint density at radius 2 is 2.07 bits per heavy atom. The maximum Gasteiger partial charge on any atom is 0.231 e. The Morgan fingerprint density at radius 3 is 2.73 bits per heavy atom. The predicted octanol–water partition coefficient (Wildman–Crippen LogP) is 4.58. The minimum atomic E-state index is -0.331. The number of benzene rings is 1. The van der Waals surface area contributed by atoms with E-state index in [2.05, 4.69) is 15.5 Å². The lowest BCUT2D eigenvalue weighted by Crippen LogP contribution is -2.30. The molecule has 0 aliphatic rings. The second-order valence-corrected chi connectivity index (χ2v) is 8.53. The van der Waals surface area contributed by atoms with E-state index in [0.717, 1.165) is 21.8 Å². The summed E-state index contributed by atoms with van der Waals surface area (Å²) in [5, 5.41) is 14.0. The van der Waals surface area contributed by atoms with Crippen molar-refractivity contribution in [2.75, 3.05) is 5.75 Å². The zero-order chi connectivity index (χ0) is 21.1. The Labute approximate surface area is 181 Å². The maximum atomic E-state index is 13.3. The van der Waals surface area contributed by atoms with Crippen LogP contribution in [0.5, 0.6) is 0 Å². The normalized spacial score (nSPS) is 12.1. The van der Waals surface area contributed by atoms with Crippen LogP contribution in [0.15, 0.2) is 63.7 Å². The number of nitrogens with zero attached hydrogens (tertiary/aromatic N) is 3. The monoisotopic (exact) mass is 442 g/mol. The zero-order valence-corrected chi connectivity index (χ0v) is 18.0. The highest BCUT2D eigenvalue weighted by Gasteiger charge is 2.20. The highest BCUT2D eigenvalue weighted by atomic mass is 32.2. The van der Waals surface area contributed by atoms with E-state index in [4.69, 9.17) is 4.42 Å². The SMILES string of the molecule is Cc1occc1-c1nnc(SCC(=O)NC(c2ccc(F)cc2)c2cccs2)n1C. The second-order valence-electron chi connectivity index (χ2n) is 6.61. The van der Waals surface area contributed by atoms with Gasteiger partial charge in [-0.1, -0.05) is 30.0 Å². The van der Waals surface area contributed by atoms with Crippen LogP contribution >= 0.6 is 23.1 Å².